The van der Waals surface area contributed by atoms with Gasteiger partial charge in [0, 0.05) is 6.54 Å². The minimum atomic E-state index is -3.41. The Labute approximate surface area is 96.5 Å². The van der Waals surface area contributed by atoms with Crippen LogP contribution in [0.1, 0.15) is 33.1 Å². The fraction of sp³-hybridized carbons (Fsp3) is 0.900. The van der Waals surface area contributed by atoms with Crippen LogP contribution in [0, 0.1) is 5.92 Å². The molecule has 0 bridgehead atoms. The summed E-state index contributed by atoms with van der Waals surface area (Å²) in [5.74, 6) is -1.12. The van der Waals surface area contributed by atoms with Crippen LogP contribution in [0.3, 0.4) is 0 Å². The number of hydrogen-bond acceptors (Lipinski definition) is 3. The van der Waals surface area contributed by atoms with E-state index in [0.29, 0.717) is 13.0 Å². The summed E-state index contributed by atoms with van der Waals surface area (Å²) in [5.41, 5.74) is 0. The lowest BCUT2D eigenvalue weighted by molar-refractivity contribution is -0.144. The summed E-state index contributed by atoms with van der Waals surface area (Å²) in [7, 11) is -3.41. The van der Waals surface area contributed by atoms with Gasteiger partial charge in [-0.25, -0.2) is 8.42 Å². The van der Waals surface area contributed by atoms with E-state index in [2.05, 4.69) is 0 Å². The summed E-state index contributed by atoms with van der Waals surface area (Å²) in [6.07, 6.45) is 2.03. The standard InChI is InChI=1S/C10H19NO4S/c1-3-7-16(14,15)11-6-4-5-8(2)9(11)10(12)13/h8-9H,3-7H2,1-2H3,(H,12,13). The highest BCUT2D eigenvalue weighted by Crippen LogP contribution is 2.26. The fourth-order valence-electron chi connectivity index (χ4n) is 2.20. The van der Waals surface area contributed by atoms with Gasteiger partial charge in [0.2, 0.25) is 10.0 Å². The molecule has 1 aliphatic rings. The largest absolute Gasteiger partial charge is 0.480 e. The van der Waals surface area contributed by atoms with Crippen molar-refractivity contribution < 1.29 is 18.3 Å². The molecule has 94 valence electrons. The monoisotopic (exact) mass is 249 g/mol. The highest BCUT2D eigenvalue weighted by molar-refractivity contribution is 7.89. The maximum Gasteiger partial charge on any atom is 0.322 e. The zero-order valence-corrected chi connectivity index (χ0v) is 10.5. The molecular weight excluding hydrogens is 230 g/mol. The first kappa shape index (κ1) is 13.4. The highest BCUT2D eigenvalue weighted by Gasteiger charge is 2.40. The van der Waals surface area contributed by atoms with Gasteiger partial charge >= 0.3 is 5.97 Å². The Kier molecular flexibility index (Phi) is 4.32. The second-order valence-electron chi connectivity index (χ2n) is 4.33. The van der Waals surface area contributed by atoms with Crippen LogP contribution >= 0.6 is 0 Å². The predicted octanol–water partition coefficient (Wildman–Crippen LogP) is 0.911. The molecule has 0 aliphatic carbocycles. The highest BCUT2D eigenvalue weighted by atomic mass is 32.2. The van der Waals surface area contributed by atoms with Gasteiger partial charge in [0.05, 0.1) is 5.75 Å². The molecule has 0 spiro atoms. The van der Waals surface area contributed by atoms with Crippen molar-refractivity contribution >= 4 is 16.0 Å². The molecule has 2 unspecified atom stereocenters. The molecule has 1 heterocycles. The van der Waals surface area contributed by atoms with E-state index < -0.39 is 22.0 Å². The Hall–Kier alpha value is -0.620. The topological polar surface area (TPSA) is 74.7 Å². The van der Waals surface area contributed by atoms with Crippen molar-refractivity contribution in [3.05, 3.63) is 0 Å². The van der Waals surface area contributed by atoms with Crippen molar-refractivity contribution in [2.45, 2.75) is 39.2 Å². The first-order chi connectivity index (χ1) is 7.40. The molecule has 16 heavy (non-hydrogen) atoms. The van der Waals surface area contributed by atoms with Crippen molar-refractivity contribution in [2.24, 2.45) is 5.92 Å². The lowest BCUT2D eigenvalue weighted by atomic mass is 9.93. The number of rotatable bonds is 4. The molecule has 0 saturated carbocycles. The van der Waals surface area contributed by atoms with E-state index in [1.54, 1.807) is 13.8 Å². The molecule has 0 aromatic carbocycles. The molecule has 6 heteroatoms. The van der Waals surface area contributed by atoms with E-state index in [0.717, 1.165) is 12.8 Å². The molecule has 1 N–H and O–H groups in total. The third-order valence-electron chi connectivity index (χ3n) is 2.96. The minimum absolute atomic E-state index is 0.0312. The summed E-state index contributed by atoms with van der Waals surface area (Å²) >= 11 is 0. The summed E-state index contributed by atoms with van der Waals surface area (Å²) < 4.78 is 25.0. The third kappa shape index (κ3) is 2.74. The van der Waals surface area contributed by atoms with E-state index >= 15 is 0 Å². The molecule has 2 atom stereocenters. The van der Waals surface area contributed by atoms with Gasteiger partial charge in [-0.15, -0.1) is 0 Å². The van der Waals surface area contributed by atoms with Crippen LogP contribution in [0.5, 0.6) is 0 Å². The molecule has 1 rings (SSSR count). The molecule has 1 saturated heterocycles. The second kappa shape index (κ2) is 5.14. The van der Waals surface area contributed by atoms with Crippen LogP contribution < -0.4 is 0 Å². The molecule has 1 aliphatic heterocycles. The van der Waals surface area contributed by atoms with Gasteiger partial charge in [-0.3, -0.25) is 4.79 Å². The van der Waals surface area contributed by atoms with Gasteiger partial charge in [0.15, 0.2) is 0 Å². The fourth-order valence-corrected chi connectivity index (χ4v) is 4.01. The van der Waals surface area contributed by atoms with Gasteiger partial charge < -0.3 is 5.11 Å². The van der Waals surface area contributed by atoms with Gasteiger partial charge in [-0.1, -0.05) is 13.8 Å². The van der Waals surface area contributed by atoms with Crippen molar-refractivity contribution in [1.82, 2.24) is 4.31 Å². The van der Waals surface area contributed by atoms with Gasteiger partial charge in [0.25, 0.3) is 0 Å². The third-order valence-corrected chi connectivity index (χ3v) is 5.01. The molecule has 0 aromatic rings. The maximum absolute atomic E-state index is 11.9. The summed E-state index contributed by atoms with van der Waals surface area (Å²) in [5, 5.41) is 9.10. The second-order valence-corrected chi connectivity index (χ2v) is 6.37. The van der Waals surface area contributed by atoms with Gasteiger partial charge in [-0.05, 0) is 25.2 Å². The zero-order chi connectivity index (χ0) is 12.3. The minimum Gasteiger partial charge on any atom is -0.480 e. The zero-order valence-electron chi connectivity index (χ0n) is 9.72. The van der Waals surface area contributed by atoms with Crippen molar-refractivity contribution in [2.75, 3.05) is 12.3 Å². The first-order valence-electron chi connectivity index (χ1n) is 5.62. The van der Waals surface area contributed by atoms with Crippen molar-refractivity contribution in [3.63, 3.8) is 0 Å². The van der Waals surface area contributed by atoms with Gasteiger partial charge in [-0.2, -0.15) is 4.31 Å². The normalized spacial score (nSPS) is 27.9. The van der Waals surface area contributed by atoms with E-state index in [1.165, 1.54) is 4.31 Å². The van der Waals surface area contributed by atoms with E-state index in [9.17, 15) is 13.2 Å². The summed E-state index contributed by atoms with van der Waals surface area (Å²) in [6.45, 7) is 3.91. The average Bonchev–Trinajstić information content (AvgIpc) is 2.16. The van der Waals surface area contributed by atoms with E-state index in [-0.39, 0.29) is 11.7 Å². The van der Waals surface area contributed by atoms with Gasteiger partial charge in [0.1, 0.15) is 6.04 Å². The van der Waals surface area contributed by atoms with Crippen LogP contribution in [0.4, 0.5) is 0 Å². The summed E-state index contributed by atoms with van der Waals surface area (Å²) in [4.78, 5) is 11.1. The van der Waals surface area contributed by atoms with Crippen LogP contribution in [-0.2, 0) is 14.8 Å². The number of sulfonamides is 1. The molecule has 0 amide bonds. The lowest BCUT2D eigenvalue weighted by Crippen LogP contribution is -2.52. The maximum atomic E-state index is 11.9. The number of carboxylic acids is 1. The van der Waals surface area contributed by atoms with E-state index in [1.807, 2.05) is 0 Å². The predicted molar refractivity (Wildman–Crippen MR) is 60.6 cm³/mol. The summed E-state index contributed by atoms with van der Waals surface area (Å²) in [6, 6.07) is -0.884. The number of carboxylic acid groups (broad SMARTS) is 1. The number of hydrogen-bond donors (Lipinski definition) is 1. The van der Waals surface area contributed by atoms with Crippen molar-refractivity contribution in [1.29, 1.82) is 0 Å². The Morgan fingerprint density at radius 2 is 2.12 bits per heavy atom. The molecule has 0 radical (unpaired) electrons. The van der Waals surface area contributed by atoms with Crippen molar-refractivity contribution in [3.8, 4) is 0 Å². The van der Waals surface area contributed by atoms with Crippen LogP contribution in [0.25, 0.3) is 0 Å². The SMILES string of the molecule is CCCS(=O)(=O)N1CCCC(C)C1C(=O)O. The van der Waals surface area contributed by atoms with Crippen LogP contribution in [0.2, 0.25) is 0 Å². The number of piperidine rings is 1. The van der Waals surface area contributed by atoms with E-state index in [4.69, 9.17) is 5.11 Å². The number of nitrogens with zero attached hydrogens (tertiary/aromatic N) is 1. The quantitative estimate of drug-likeness (QED) is 0.803. The smallest absolute Gasteiger partial charge is 0.322 e. The van der Waals surface area contributed by atoms with Crippen LogP contribution in [0.15, 0.2) is 0 Å². The molecule has 5 nitrogen and oxygen atoms in total. The number of carbonyl (C=O) groups is 1. The molecular formula is C10H19NO4S. The van der Waals surface area contributed by atoms with Crippen LogP contribution in [-0.4, -0.2) is 42.1 Å². The number of aliphatic carboxylic acids is 1. The first-order valence-corrected chi connectivity index (χ1v) is 7.23. The Morgan fingerprint density at radius 3 is 2.62 bits per heavy atom. The lowest BCUT2D eigenvalue weighted by Gasteiger charge is -2.36. The molecule has 1 fully saturated rings. The Balaban J connectivity index is 2.96. The average molecular weight is 249 g/mol. The Bertz CT molecular complexity index is 352. The Morgan fingerprint density at radius 1 is 1.50 bits per heavy atom. The molecule has 0 aromatic heterocycles.